The summed E-state index contributed by atoms with van der Waals surface area (Å²) >= 11 is 5.83. The minimum Gasteiger partial charge on any atom is -0.385 e. The van der Waals surface area contributed by atoms with E-state index in [0.717, 1.165) is 28.8 Å². The normalized spacial score (nSPS) is 10.2. The molecule has 0 aliphatic carbocycles. The number of rotatable bonds is 4. The van der Waals surface area contributed by atoms with Crippen LogP contribution < -0.4 is 5.32 Å². The first-order chi connectivity index (χ1) is 8.25. The second-order valence-corrected chi connectivity index (χ2v) is 5.64. The van der Waals surface area contributed by atoms with Crippen LogP contribution in [0.4, 0.5) is 5.69 Å². The largest absolute Gasteiger partial charge is 0.385 e. The molecule has 0 aliphatic rings. The molecule has 0 aliphatic heterocycles. The highest BCUT2D eigenvalue weighted by Gasteiger charge is 1.98. The molecule has 1 heterocycles. The van der Waals surface area contributed by atoms with Crippen LogP contribution in [0.3, 0.4) is 0 Å². The minimum atomic E-state index is 0.893. The van der Waals surface area contributed by atoms with Crippen molar-refractivity contribution in [2.24, 2.45) is 0 Å². The molecule has 0 atom stereocenters. The molecule has 2 aromatic rings. The van der Waals surface area contributed by atoms with E-state index in [2.05, 4.69) is 67.0 Å². The summed E-state index contributed by atoms with van der Waals surface area (Å²) in [6.45, 7) is 0.893. The van der Waals surface area contributed by atoms with Gasteiger partial charge < -0.3 is 5.32 Å². The van der Waals surface area contributed by atoms with Crippen molar-refractivity contribution in [2.75, 3.05) is 11.9 Å². The molecule has 0 unspecified atom stereocenters. The molecular weight excluding hydrogens is 391 g/mol. The molecule has 2 rings (SSSR count). The fourth-order valence-electron chi connectivity index (χ4n) is 1.49. The molecule has 0 bridgehead atoms. The lowest BCUT2D eigenvalue weighted by atomic mass is 10.2. The molecule has 0 fully saturated rings. The van der Waals surface area contributed by atoms with E-state index in [0.29, 0.717) is 0 Å². The number of aromatic nitrogens is 1. The van der Waals surface area contributed by atoms with Gasteiger partial charge in [0.1, 0.15) is 0 Å². The van der Waals surface area contributed by atoms with Crippen LogP contribution in [0.15, 0.2) is 47.1 Å². The standard InChI is InChI=1S/C13H12BrIN2/c14-12-9-11(4-5-13(12)15)17-8-6-10-3-1-2-7-16-10/h1-5,7,9,17H,6,8H2. The summed E-state index contributed by atoms with van der Waals surface area (Å²) in [5, 5.41) is 3.39. The van der Waals surface area contributed by atoms with Crippen LogP contribution >= 0.6 is 38.5 Å². The Kier molecular flexibility index (Phi) is 4.79. The third-order valence-electron chi connectivity index (χ3n) is 2.36. The molecule has 4 heteroatoms. The molecule has 1 N–H and O–H groups in total. The third kappa shape index (κ3) is 3.96. The number of nitrogens with one attached hydrogen (secondary N) is 1. The van der Waals surface area contributed by atoms with E-state index in [1.165, 1.54) is 3.57 Å². The van der Waals surface area contributed by atoms with Crippen LogP contribution in [-0.2, 0) is 6.42 Å². The van der Waals surface area contributed by atoms with Gasteiger partial charge in [-0.25, -0.2) is 0 Å². The van der Waals surface area contributed by atoms with Crippen LogP contribution in [0, 0.1) is 3.57 Å². The number of pyridine rings is 1. The molecule has 0 spiro atoms. The quantitative estimate of drug-likeness (QED) is 0.778. The molecule has 0 saturated heterocycles. The highest BCUT2D eigenvalue weighted by Crippen LogP contribution is 2.22. The maximum absolute atomic E-state index is 4.29. The number of nitrogens with zero attached hydrogens (tertiary/aromatic N) is 1. The fraction of sp³-hybridized carbons (Fsp3) is 0.154. The van der Waals surface area contributed by atoms with Gasteiger partial charge in [-0.1, -0.05) is 6.07 Å². The fourth-order valence-corrected chi connectivity index (χ4v) is 2.20. The molecular formula is C13H12BrIN2. The van der Waals surface area contributed by atoms with Gasteiger partial charge in [0.05, 0.1) is 0 Å². The van der Waals surface area contributed by atoms with E-state index >= 15 is 0 Å². The van der Waals surface area contributed by atoms with E-state index < -0.39 is 0 Å². The van der Waals surface area contributed by atoms with Crippen molar-refractivity contribution in [3.8, 4) is 0 Å². The highest BCUT2D eigenvalue weighted by molar-refractivity contribution is 14.1. The van der Waals surface area contributed by atoms with E-state index in [4.69, 9.17) is 0 Å². The van der Waals surface area contributed by atoms with Crippen molar-refractivity contribution in [1.82, 2.24) is 4.98 Å². The van der Waals surface area contributed by atoms with Crippen LogP contribution in [-0.4, -0.2) is 11.5 Å². The molecule has 17 heavy (non-hydrogen) atoms. The van der Waals surface area contributed by atoms with Crippen molar-refractivity contribution in [2.45, 2.75) is 6.42 Å². The summed E-state index contributed by atoms with van der Waals surface area (Å²) in [5.41, 5.74) is 2.25. The monoisotopic (exact) mass is 402 g/mol. The van der Waals surface area contributed by atoms with Gasteiger partial charge in [0.25, 0.3) is 0 Å². The Morgan fingerprint density at radius 1 is 1.24 bits per heavy atom. The van der Waals surface area contributed by atoms with Crippen molar-refractivity contribution >= 4 is 44.2 Å². The lowest BCUT2D eigenvalue weighted by Gasteiger charge is -2.07. The highest BCUT2D eigenvalue weighted by atomic mass is 127. The number of hydrogen-bond acceptors (Lipinski definition) is 2. The SMILES string of the molecule is Brc1cc(NCCc2ccccn2)ccc1I. The van der Waals surface area contributed by atoms with Gasteiger partial charge in [-0.3, -0.25) is 4.98 Å². The topological polar surface area (TPSA) is 24.9 Å². The maximum atomic E-state index is 4.29. The lowest BCUT2D eigenvalue weighted by molar-refractivity contribution is 0.961. The van der Waals surface area contributed by atoms with Crippen LogP contribution in [0.2, 0.25) is 0 Å². The molecule has 0 saturated carbocycles. The smallest absolute Gasteiger partial charge is 0.0421 e. The average molecular weight is 403 g/mol. The molecule has 0 radical (unpaired) electrons. The number of hydrogen-bond donors (Lipinski definition) is 1. The Morgan fingerprint density at radius 3 is 2.82 bits per heavy atom. The summed E-state index contributed by atoms with van der Waals surface area (Å²) in [6.07, 6.45) is 2.77. The van der Waals surface area contributed by atoms with Gasteiger partial charge in [-0.15, -0.1) is 0 Å². The Labute approximate surface area is 123 Å². The predicted octanol–water partition coefficient (Wildman–Crippen LogP) is 4.10. The van der Waals surface area contributed by atoms with Gasteiger partial charge in [-0.05, 0) is 68.9 Å². The van der Waals surface area contributed by atoms with Crippen LogP contribution in [0.25, 0.3) is 0 Å². The first-order valence-corrected chi connectivity index (χ1v) is 7.22. The van der Waals surface area contributed by atoms with E-state index in [1.54, 1.807) is 0 Å². The first kappa shape index (κ1) is 12.8. The second kappa shape index (κ2) is 6.35. The van der Waals surface area contributed by atoms with Crippen molar-refractivity contribution in [3.63, 3.8) is 0 Å². The number of anilines is 1. The number of benzene rings is 1. The molecule has 1 aromatic heterocycles. The molecule has 0 amide bonds. The van der Waals surface area contributed by atoms with E-state index in [1.807, 2.05) is 24.4 Å². The zero-order chi connectivity index (χ0) is 12.1. The lowest BCUT2D eigenvalue weighted by Crippen LogP contribution is -2.05. The average Bonchev–Trinajstić information content (AvgIpc) is 2.35. The Bertz CT molecular complexity index is 488. The summed E-state index contributed by atoms with van der Waals surface area (Å²) in [5.74, 6) is 0. The van der Waals surface area contributed by atoms with E-state index in [-0.39, 0.29) is 0 Å². The van der Waals surface area contributed by atoms with Crippen LogP contribution in [0.1, 0.15) is 5.69 Å². The Balaban J connectivity index is 1.88. The molecule has 88 valence electrons. The summed E-state index contributed by atoms with van der Waals surface area (Å²) < 4.78 is 2.35. The van der Waals surface area contributed by atoms with E-state index in [9.17, 15) is 0 Å². The second-order valence-electron chi connectivity index (χ2n) is 3.63. The first-order valence-electron chi connectivity index (χ1n) is 5.34. The van der Waals surface area contributed by atoms with Gasteiger partial charge in [-0.2, -0.15) is 0 Å². The van der Waals surface area contributed by atoms with Gasteiger partial charge in [0.15, 0.2) is 0 Å². The number of halogens is 2. The summed E-state index contributed by atoms with van der Waals surface area (Å²) in [6, 6.07) is 12.3. The van der Waals surface area contributed by atoms with Crippen LogP contribution in [0.5, 0.6) is 0 Å². The molecule has 2 nitrogen and oxygen atoms in total. The van der Waals surface area contributed by atoms with Gasteiger partial charge >= 0.3 is 0 Å². The van der Waals surface area contributed by atoms with Gasteiger partial charge in [0.2, 0.25) is 0 Å². The Morgan fingerprint density at radius 2 is 2.12 bits per heavy atom. The predicted molar refractivity (Wildman–Crippen MR) is 83.3 cm³/mol. The minimum absolute atomic E-state index is 0.893. The van der Waals surface area contributed by atoms with Crippen molar-refractivity contribution in [1.29, 1.82) is 0 Å². The third-order valence-corrected chi connectivity index (χ3v) is 4.69. The summed E-state index contributed by atoms with van der Waals surface area (Å²) in [7, 11) is 0. The maximum Gasteiger partial charge on any atom is 0.0421 e. The zero-order valence-corrected chi connectivity index (χ0v) is 12.9. The van der Waals surface area contributed by atoms with Gasteiger partial charge in [0, 0.05) is 38.6 Å². The van der Waals surface area contributed by atoms with Crippen molar-refractivity contribution < 1.29 is 0 Å². The zero-order valence-electron chi connectivity index (χ0n) is 9.16. The molecule has 1 aromatic carbocycles. The Hall–Kier alpha value is -0.620. The summed E-state index contributed by atoms with van der Waals surface area (Å²) in [4.78, 5) is 4.29. The van der Waals surface area contributed by atoms with Crippen molar-refractivity contribution in [3.05, 3.63) is 56.3 Å².